The van der Waals surface area contributed by atoms with Crippen LogP contribution in [0.25, 0.3) is 0 Å². The van der Waals surface area contributed by atoms with Crippen molar-refractivity contribution in [2.45, 2.75) is 26.4 Å². The molecule has 100 valence electrons. The molecular formula is C14H19ClO3. The second-order valence-electron chi connectivity index (χ2n) is 4.50. The zero-order chi connectivity index (χ0) is 13.7. The lowest BCUT2D eigenvalue weighted by Gasteiger charge is -2.18. The van der Waals surface area contributed by atoms with Gasteiger partial charge in [-0.25, -0.2) is 0 Å². The predicted molar refractivity (Wildman–Crippen MR) is 72.4 cm³/mol. The van der Waals surface area contributed by atoms with E-state index in [-0.39, 0.29) is 18.1 Å². The van der Waals surface area contributed by atoms with Crippen molar-refractivity contribution in [3.05, 3.63) is 28.8 Å². The number of benzene rings is 1. The van der Waals surface area contributed by atoms with E-state index in [1.165, 1.54) is 0 Å². The van der Waals surface area contributed by atoms with Gasteiger partial charge in [-0.15, -0.1) is 0 Å². The number of Topliss-reactive ketones (excluding diaryl/α,β-unsaturated/α-hetero) is 1. The first-order chi connectivity index (χ1) is 8.49. The van der Waals surface area contributed by atoms with Crippen LogP contribution in [-0.2, 0) is 16.0 Å². The van der Waals surface area contributed by atoms with Gasteiger partial charge in [0.2, 0.25) is 0 Å². The van der Waals surface area contributed by atoms with Crippen LogP contribution in [0, 0.1) is 5.92 Å². The Morgan fingerprint density at radius 3 is 2.50 bits per heavy atom. The first kappa shape index (κ1) is 15.0. The van der Waals surface area contributed by atoms with Crippen LogP contribution in [0.3, 0.4) is 0 Å². The highest BCUT2D eigenvalue weighted by Gasteiger charge is 2.22. The molecule has 0 heterocycles. The third kappa shape index (κ3) is 3.72. The van der Waals surface area contributed by atoms with Crippen molar-refractivity contribution in [1.29, 1.82) is 0 Å². The summed E-state index contributed by atoms with van der Waals surface area (Å²) in [6, 6.07) is 5.26. The van der Waals surface area contributed by atoms with Crippen molar-refractivity contribution >= 4 is 17.4 Å². The summed E-state index contributed by atoms with van der Waals surface area (Å²) in [6.07, 6.45) is -0.130. The number of rotatable bonds is 6. The molecule has 18 heavy (non-hydrogen) atoms. The molecule has 0 saturated heterocycles. The minimum absolute atomic E-state index is 0.0352. The Bertz CT molecular complexity index is 416. The van der Waals surface area contributed by atoms with Gasteiger partial charge in [-0.05, 0) is 24.1 Å². The number of hydrogen-bond donors (Lipinski definition) is 0. The Morgan fingerprint density at radius 1 is 1.33 bits per heavy atom. The van der Waals surface area contributed by atoms with E-state index in [1.54, 1.807) is 32.4 Å². The van der Waals surface area contributed by atoms with Crippen LogP contribution < -0.4 is 4.74 Å². The average Bonchev–Trinajstić information content (AvgIpc) is 2.29. The van der Waals surface area contributed by atoms with E-state index in [2.05, 4.69) is 0 Å². The Morgan fingerprint density at radius 2 is 2.00 bits per heavy atom. The van der Waals surface area contributed by atoms with Gasteiger partial charge >= 0.3 is 0 Å². The van der Waals surface area contributed by atoms with Gasteiger partial charge in [0.15, 0.2) is 5.78 Å². The highest BCUT2D eigenvalue weighted by atomic mass is 35.5. The third-order valence-electron chi connectivity index (χ3n) is 2.78. The van der Waals surface area contributed by atoms with Crippen molar-refractivity contribution < 1.29 is 14.3 Å². The topological polar surface area (TPSA) is 35.5 Å². The number of carbonyl (C=O) groups is 1. The zero-order valence-corrected chi connectivity index (χ0v) is 12.0. The number of ether oxygens (including phenoxy) is 2. The van der Waals surface area contributed by atoms with E-state index < -0.39 is 6.10 Å². The van der Waals surface area contributed by atoms with Gasteiger partial charge in [-0.1, -0.05) is 25.4 Å². The van der Waals surface area contributed by atoms with E-state index >= 15 is 0 Å². The quantitative estimate of drug-likeness (QED) is 0.797. The van der Waals surface area contributed by atoms with Crippen LogP contribution in [-0.4, -0.2) is 26.1 Å². The van der Waals surface area contributed by atoms with E-state index in [1.807, 2.05) is 13.8 Å². The molecule has 4 heteroatoms. The first-order valence-corrected chi connectivity index (χ1v) is 6.25. The molecule has 0 N–H and O–H groups in total. The van der Waals surface area contributed by atoms with E-state index in [0.29, 0.717) is 10.8 Å². The lowest BCUT2D eigenvalue weighted by molar-refractivity contribution is -0.130. The van der Waals surface area contributed by atoms with E-state index in [4.69, 9.17) is 21.1 Å². The summed E-state index contributed by atoms with van der Waals surface area (Å²) in [5.74, 6) is 0.854. The molecule has 1 aromatic rings. The summed E-state index contributed by atoms with van der Waals surface area (Å²) in [5, 5.41) is 0.595. The summed E-state index contributed by atoms with van der Waals surface area (Å²) in [7, 11) is 3.13. The summed E-state index contributed by atoms with van der Waals surface area (Å²) in [6.45, 7) is 3.92. The van der Waals surface area contributed by atoms with Gasteiger partial charge < -0.3 is 9.47 Å². The maximum absolute atomic E-state index is 12.1. The molecule has 1 unspecified atom stereocenters. The molecule has 1 aromatic carbocycles. The van der Waals surface area contributed by atoms with Crippen molar-refractivity contribution in [3.63, 3.8) is 0 Å². The van der Waals surface area contributed by atoms with Crippen LogP contribution in [0.1, 0.15) is 19.4 Å². The average molecular weight is 271 g/mol. The zero-order valence-electron chi connectivity index (χ0n) is 11.2. The van der Waals surface area contributed by atoms with Gasteiger partial charge in [0.1, 0.15) is 11.9 Å². The van der Waals surface area contributed by atoms with E-state index in [0.717, 1.165) is 5.56 Å². The van der Waals surface area contributed by atoms with Gasteiger partial charge in [-0.2, -0.15) is 0 Å². The molecule has 0 bridgehead atoms. The highest BCUT2D eigenvalue weighted by molar-refractivity contribution is 6.30. The summed E-state index contributed by atoms with van der Waals surface area (Å²) < 4.78 is 10.4. The molecule has 0 aliphatic carbocycles. The van der Waals surface area contributed by atoms with Crippen LogP contribution in [0.15, 0.2) is 18.2 Å². The van der Waals surface area contributed by atoms with Crippen molar-refractivity contribution in [3.8, 4) is 5.75 Å². The molecule has 1 atom stereocenters. The fourth-order valence-corrected chi connectivity index (χ4v) is 2.14. The molecule has 0 fully saturated rings. The summed E-state index contributed by atoms with van der Waals surface area (Å²) in [5.41, 5.74) is 0.790. The van der Waals surface area contributed by atoms with Crippen molar-refractivity contribution in [2.75, 3.05) is 14.2 Å². The van der Waals surface area contributed by atoms with Gasteiger partial charge in [0.05, 0.1) is 7.11 Å². The van der Waals surface area contributed by atoms with Gasteiger partial charge in [0.25, 0.3) is 0 Å². The Balaban J connectivity index is 2.89. The van der Waals surface area contributed by atoms with Crippen molar-refractivity contribution in [2.24, 2.45) is 5.92 Å². The second kappa shape index (κ2) is 6.76. The molecule has 0 amide bonds. The maximum Gasteiger partial charge on any atom is 0.166 e. The molecule has 0 saturated carbocycles. The molecule has 0 aromatic heterocycles. The normalized spacial score (nSPS) is 12.6. The van der Waals surface area contributed by atoms with E-state index in [9.17, 15) is 4.79 Å². The highest BCUT2D eigenvalue weighted by Crippen LogP contribution is 2.24. The minimum atomic E-state index is -0.395. The molecule has 3 nitrogen and oxygen atoms in total. The number of carbonyl (C=O) groups excluding carboxylic acids is 1. The summed E-state index contributed by atoms with van der Waals surface area (Å²) >= 11 is 5.94. The maximum atomic E-state index is 12.1. The molecule has 0 aliphatic rings. The largest absolute Gasteiger partial charge is 0.496 e. The molecule has 0 aliphatic heterocycles. The molecule has 0 spiro atoms. The number of halogens is 1. The second-order valence-corrected chi connectivity index (χ2v) is 4.94. The SMILES string of the molecule is COc1ccc(Cl)cc1CC(=O)C(OC)C(C)C. The smallest absolute Gasteiger partial charge is 0.166 e. The lowest BCUT2D eigenvalue weighted by atomic mass is 9.97. The number of hydrogen-bond acceptors (Lipinski definition) is 3. The fraction of sp³-hybridized carbons (Fsp3) is 0.500. The number of methoxy groups -OCH3 is 2. The van der Waals surface area contributed by atoms with Gasteiger partial charge in [-0.3, -0.25) is 4.79 Å². The Hall–Kier alpha value is -1.06. The number of ketones is 1. The van der Waals surface area contributed by atoms with Crippen LogP contribution >= 0.6 is 11.6 Å². The summed E-state index contributed by atoms with van der Waals surface area (Å²) in [4.78, 5) is 12.1. The lowest BCUT2D eigenvalue weighted by Crippen LogP contribution is -2.30. The fourth-order valence-electron chi connectivity index (χ4n) is 1.95. The molecule has 1 rings (SSSR count). The standard InChI is InChI=1S/C14H19ClO3/c1-9(2)14(18-4)12(16)8-10-7-11(15)5-6-13(10)17-3/h5-7,9,14H,8H2,1-4H3. The minimum Gasteiger partial charge on any atom is -0.496 e. The first-order valence-electron chi connectivity index (χ1n) is 5.87. The van der Waals surface area contributed by atoms with Crippen LogP contribution in [0.5, 0.6) is 5.75 Å². The molecular weight excluding hydrogens is 252 g/mol. The monoisotopic (exact) mass is 270 g/mol. The van der Waals surface area contributed by atoms with Gasteiger partial charge in [0, 0.05) is 24.1 Å². The predicted octanol–water partition coefficient (Wildman–Crippen LogP) is 3.13. The third-order valence-corrected chi connectivity index (χ3v) is 3.02. The molecule has 0 radical (unpaired) electrons. The van der Waals surface area contributed by atoms with Crippen LogP contribution in [0.2, 0.25) is 5.02 Å². The Kier molecular flexibility index (Phi) is 5.63. The van der Waals surface area contributed by atoms with Crippen LogP contribution in [0.4, 0.5) is 0 Å². The Labute approximate surface area is 113 Å². The van der Waals surface area contributed by atoms with Crippen molar-refractivity contribution in [1.82, 2.24) is 0 Å².